The number of carbonyl (C=O) groups is 2. The monoisotopic (exact) mass is 234 g/mol. The zero-order chi connectivity index (χ0) is 12.9. The Morgan fingerprint density at radius 3 is 2.35 bits per heavy atom. The molecule has 0 heterocycles. The van der Waals surface area contributed by atoms with Crippen LogP contribution < -0.4 is 0 Å². The molecular weight excluding hydrogens is 220 g/mol. The zero-order valence-corrected chi connectivity index (χ0v) is 9.71. The molecule has 0 unspecified atom stereocenters. The molecule has 0 radical (unpaired) electrons. The average Bonchev–Trinajstić information content (AvgIpc) is 2.27. The van der Waals surface area contributed by atoms with Gasteiger partial charge in [0.2, 0.25) is 5.60 Å². The second-order valence-electron chi connectivity index (χ2n) is 3.98. The highest BCUT2D eigenvalue weighted by atomic mass is 16.6. The zero-order valence-electron chi connectivity index (χ0n) is 9.71. The van der Waals surface area contributed by atoms with Crippen LogP contribution in [0.4, 0.5) is 0 Å². The summed E-state index contributed by atoms with van der Waals surface area (Å²) in [5.74, 6) is -1.86. The molecule has 0 saturated carbocycles. The number of hydrogen-bond acceptors (Lipinski definition) is 3. The number of hydrogen-bond donors (Lipinski definition) is 1. The summed E-state index contributed by atoms with van der Waals surface area (Å²) >= 11 is 0. The second-order valence-corrected chi connectivity index (χ2v) is 3.98. The minimum atomic E-state index is -1.52. The van der Waals surface area contributed by atoms with Crippen LogP contribution in [0.2, 0.25) is 0 Å². The molecule has 4 nitrogen and oxygen atoms in total. The van der Waals surface area contributed by atoms with Crippen molar-refractivity contribution in [1.29, 1.82) is 0 Å². The van der Waals surface area contributed by atoms with Gasteiger partial charge in [0.05, 0.1) is 0 Å². The van der Waals surface area contributed by atoms with Gasteiger partial charge in [-0.2, -0.15) is 0 Å². The van der Waals surface area contributed by atoms with Gasteiger partial charge in [0.25, 0.3) is 0 Å². The molecule has 90 valence electrons. The van der Waals surface area contributed by atoms with Gasteiger partial charge in [-0.3, -0.25) is 0 Å². The van der Waals surface area contributed by atoms with Crippen molar-refractivity contribution in [3.63, 3.8) is 0 Å². The molecule has 1 aromatic rings. The summed E-state index contributed by atoms with van der Waals surface area (Å²) in [5.41, 5.74) is -0.671. The van der Waals surface area contributed by atoms with Crippen LogP contribution >= 0.6 is 0 Å². The third-order valence-corrected chi connectivity index (χ3v) is 2.08. The molecule has 4 heteroatoms. The van der Waals surface area contributed by atoms with Crippen LogP contribution in [-0.2, 0) is 14.3 Å². The van der Waals surface area contributed by atoms with E-state index in [0.29, 0.717) is 0 Å². The van der Waals surface area contributed by atoms with Crippen molar-refractivity contribution in [2.75, 3.05) is 0 Å². The predicted octanol–water partition coefficient (Wildman–Crippen LogP) is 2.11. The Hall–Kier alpha value is -2.10. The van der Waals surface area contributed by atoms with E-state index in [9.17, 15) is 9.59 Å². The van der Waals surface area contributed by atoms with Crippen molar-refractivity contribution in [1.82, 2.24) is 0 Å². The maximum atomic E-state index is 11.4. The number of carboxylic acid groups (broad SMARTS) is 1. The Morgan fingerprint density at radius 2 is 1.82 bits per heavy atom. The summed E-state index contributed by atoms with van der Waals surface area (Å²) in [4.78, 5) is 22.1. The molecule has 0 amide bonds. The van der Waals surface area contributed by atoms with E-state index in [0.717, 1.165) is 5.56 Å². The van der Waals surface area contributed by atoms with Crippen LogP contribution in [-0.4, -0.2) is 22.6 Å². The van der Waals surface area contributed by atoms with Gasteiger partial charge in [0.15, 0.2) is 0 Å². The third-order valence-electron chi connectivity index (χ3n) is 2.08. The molecular formula is C13H14O4. The maximum Gasteiger partial charge on any atom is 0.347 e. The molecule has 1 aromatic carbocycles. The van der Waals surface area contributed by atoms with Crippen LogP contribution in [0, 0.1) is 0 Å². The van der Waals surface area contributed by atoms with E-state index >= 15 is 0 Å². The molecule has 0 aliphatic heterocycles. The summed E-state index contributed by atoms with van der Waals surface area (Å²) in [5, 5.41) is 8.77. The summed E-state index contributed by atoms with van der Waals surface area (Å²) in [6, 6.07) is 9.19. The second kappa shape index (κ2) is 5.30. The van der Waals surface area contributed by atoms with Crippen LogP contribution in [0.25, 0.3) is 6.08 Å². The number of carboxylic acids is 1. The standard InChI is InChI=1S/C13H14O4/c1-13(2,12(15)16)17-11(14)9-8-10-6-4-3-5-7-10/h3-9H,1-2H3,(H,15,16)/b9-8-. The lowest BCUT2D eigenvalue weighted by atomic mass is 10.1. The van der Waals surface area contributed by atoms with Gasteiger partial charge >= 0.3 is 11.9 Å². The highest BCUT2D eigenvalue weighted by Crippen LogP contribution is 2.10. The van der Waals surface area contributed by atoms with Gasteiger partial charge in [-0.25, -0.2) is 9.59 Å². The molecule has 1 N–H and O–H groups in total. The van der Waals surface area contributed by atoms with Crippen LogP contribution in [0.3, 0.4) is 0 Å². The normalized spacial score (nSPS) is 11.4. The Balaban J connectivity index is 2.62. The molecule has 0 aliphatic rings. The van der Waals surface area contributed by atoms with E-state index in [2.05, 4.69) is 0 Å². The molecule has 0 aromatic heterocycles. The Labute approximate surface area is 99.5 Å². The number of rotatable bonds is 4. The largest absolute Gasteiger partial charge is 0.478 e. The third kappa shape index (κ3) is 4.10. The first-order valence-corrected chi connectivity index (χ1v) is 5.11. The van der Waals surface area contributed by atoms with Crippen molar-refractivity contribution in [3.05, 3.63) is 42.0 Å². The Morgan fingerprint density at radius 1 is 1.24 bits per heavy atom. The fraction of sp³-hybridized carbons (Fsp3) is 0.231. The summed E-state index contributed by atoms with van der Waals surface area (Å²) in [6.45, 7) is 2.65. The Bertz CT molecular complexity index is 432. The van der Waals surface area contributed by atoms with Crippen molar-refractivity contribution in [2.45, 2.75) is 19.4 Å². The van der Waals surface area contributed by atoms with E-state index in [1.807, 2.05) is 30.3 Å². The molecule has 0 aliphatic carbocycles. The quantitative estimate of drug-likeness (QED) is 0.640. The first-order chi connectivity index (χ1) is 7.92. The smallest absolute Gasteiger partial charge is 0.347 e. The summed E-state index contributed by atoms with van der Waals surface area (Å²) in [6.07, 6.45) is 2.78. The van der Waals surface area contributed by atoms with Gasteiger partial charge in [-0.15, -0.1) is 0 Å². The molecule has 1 rings (SSSR count). The van der Waals surface area contributed by atoms with E-state index in [1.165, 1.54) is 19.9 Å². The molecule has 0 atom stereocenters. The molecule has 0 fully saturated rings. The van der Waals surface area contributed by atoms with E-state index in [-0.39, 0.29) is 0 Å². The first-order valence-electron chi connectivity index (χ1n) is 5.11. The van der Waals surface area contributed by atoms with Gasteiger partial charge < -0.3 is 9.84 Å². The van der Waals surface area contributed by atoms with Gasteiger partial charge in [0.1, 0.15) is 0 Å². The van der Waals surface area contributed by atoms with E-state index in [1.54, 1.807) is 6.08 Å². The van der Waals surface area contributed by atoms with E-state index < -0.39 is 17.5 Å². The van der Waals surface area contributed by atoms with Crippen LogP contribution in [0.5, 0.6) is 0 Å². The highest BCUT2D eigenvalue weighted by molar-refractivity contribution is 5.90. The van der Waals surface area contributed by atoms with Crippen LogP contribution in [0.1, 0.15) is 19.4 Å². The van der Waals surface area contributed by atoms with Crippen LogP contribution in [0.15, 0.2) is 36.4 Å². The number of benzene rings is 1. The fourth-order valence-electron chi connectivity index (χ4n) is 1.06. The van der Waals surface area contributed by atoms with Crippen molar-refractivity contribution in [3.8, 4) is 0 Å². The predicted molar refractivity (Wildman–Crippen MR) is 63.3 cm³/mol. The SMILES string of the molecule is CC(C)(OC(=O)/C=C\c1ccccc1)C(=O)O. The number of ether oxygens (including phenoxy) is 1. The van der Waals surface area contributed by atoms with Crippen molar-refractivity contribution in [2.24, 2.45) is 0 Å². The average molecular weight is 234 g/mol. The topological polar surface area (TPSA) is 63.6 Å². The molecule has 0 bridgehead atoms. The first kappa shape index (κ1) is 13.0. The van der Waals surface area contributed by atoms with Gasteiger partial charge in [-0.05, 0) is 25.5 Å². The highest BCUT2D eigenvalue weighted by Gasteiger charge is 2.30. The van der Waals surface area contributed by atoms with Gasteiger partial charge in [0, 0.05) is 6.08 Å². The lowest BCUT2D eigenvalue weighted by Crippen LogP contribution is -2.36. The summed E-state index contributed by atoms with van der Waals surface area (Å²) in [7, 11) is 0. The lowest BCUT2D eigenvalue weighted by molar-refractivity contribution is -0.170. The van der Waals surface area contributed by atoms with E-state index in [4.69, 9.17) is 9.84 Å². The lowest BCUT2D eigenvalue weighted by Gasteiger charge is -2.18. The molecule has 0 saturated heterocycles. The number of carbonyl (C=O) groups excluding carboxylic acids is 1. The number of aliphatic carboxylic acids is 1. The minimum absolute atomic E-state index is 0.679. The molecule has 0 spiro atoms. The number of esters is 1. The maximum absolute atomic E-state index is 11.4. The fourth-order valence-corrected chi connectivity index (χ4v) is 1.06. The summed E-state index contributed by atoms with van der Waals surface area (Å²) < 4.78 is 4.80. The molecule has 17 heavy (non-hydrogen) atoms. The van der Waals surface area contributed by atoms with Crippen molar-refractivity contribution >= 4 is 18.0 Å². The van der Waals surface area contributed by atoms with Crippen molar-refractivity contribution < 1.29 is 19.4 Å². The Kier molecular flexibility index (Phi) is 4.04. The minimum Gasteiger partial charge on any atom is -0.478 e. The van der Waals surface area contributed by atoms with Gasteiger partial charge in [-0.1, -0.05) is 30.3 Å².